The predicted octanol–water partition coefficient (Wildman–Crippen LogP) is 2.85. The van der Waals surface area contributed by atoms with Crippen LogP contribution in [-0.2, 0) is 6.42 Å². The molecule has 1 aliphatic rings. The molecule has 6 nitrogen and oxygen atoms in total. The number of halogens is 1. The third kappa shape index (κ3) is 2.98. The third-order valence-corrected chi connectivity index (χ3v) is 4.98. The lowest BCUT2D eigenvalue weighted by atomic mass is 10.1. The van der Waals surface area contributed by atoms with Gasteiger partial charge in [-0.3, -0.25) is 0 Å². The van der Waals surface area contributed by atoms with Gasteiger partial charge in [-0.05, 0) is 37.6 Å². The van der Waals surface area contributed by atoms with Crippen molar-refractivity contribution in [2.24, 2.45) is 0 Å². The van der Waals surface area contributed by atoms with Crippen molar-refractivity contribution in [2.75, 3.05) is 36.0 Å². The number of aryl methyl sites for hydroxylation is 1. The Morgan fingerprint density at radius 2 is 1.73 bits per heavy atom. The van der Waals surface area contributed by atoms with Gasteiger partial charge in [0.25, 0.3) is 5.78 Å². The van der Waals surface area contributed by atoms with Gasteiger partial charge in [-0.25, -0.2) is 9.37 Å². The molecule has 1 saturated heterocycles. The largest absolute Gasteiger partial charge is 0.368 e. The number of nitrogens with zero attached hydrogens (tertiary/aromatic N) is 6. The van der Waals surface area contributed by atoms with Crippen molar-refractivity contribution in [2.45, 2.75) is 26.7 Å². The summed E-state index contributed by atoms with van der Waals surface area (Å²) in [5, 5.41) is 4.41. The molecule has 0 unspecified atom stereocenters. The first-order valence-electron chi connectivity index (χ1n) is 9.12. The number of hydrogen-bond acceptors (Lipinski definition) is 5. The highest BCUT2D eigenvalue weighted by molar-refractivity contribution is 5.56. The molecule has 0 radical (unpaired) electrons. The summed E-state index contributed by atoms with van der Waals surface area (Å²) in [4.78, 5) is 13.5. The summed E-state index contributed by atoms with van der Waals surface area (Å²) in [5.41, 5.74) is 3.35. The van der Waals surface area contributed by atoms with Crippen LogP contribution in [0.15, 0.2) is 30.6 Å². The Kier molecular flexibility index (Phi) is 4.44. The standard InChI is InChI=1S/C19H23FN6/c1-3-4-17-14(2)23-19-21-13-22-26(19)18(17)25-11-9-24(10-12-25)16-7-5-15(20)6-8-16/h5-8,13H,3-4,9-12H2,1-2H3. The molecular weight excluding hydrogens is 331 g/mol. The lowest BCUT2D eigenvalue weighted by Crippen LogP contribution is -2.47. The van der Waals surface area contributed by atoms with Gasteiger partial charge in [-0.1, -0.05) is 13.3 Å². The highest BCUT2D eigenvalue weighted by Gasteiger charge is 2.24. The molecule has 26 heavy (non-hydrogen) atoms. The molecule has 0 bridgehead atoms. The fraction of sp³-hybridized carbons (Fsp3) is 0.421. The Labute approximate surface area is 152 Å². The first-order valence-corrected chi connectivity index (χ1v) is 9.12. The maximum Gasteiger partial charge on any atom is 0.254 e. The Morgan fingerprint density at radius 3 is 2.42 bits per heavy atom. The zero-order valence-electron chi connectivity index (χ0n) is 15.2. The quantitative estimate of drug-likeness (QED) is 0.721. The van der Waals surface area contributed by atoms with Crippen LogP contribution in [-0.4, -0.2) is 45.8 Å². The van der Waals surface area contributed by atoms with Crippen LogP contribution in [0.4, 0.5) is 15.9 Å². The van der Waals surface area contributed by atoms with Crippen molar-refractivity contribution in [3.8, 4) is 0 Å². The van der Waals surface area contributed by atoms with Crippen molar-refractivity contribution < 1.29 is 4.39 Å². The van der Waals surface area contributed by atoms with E-state index < -0.39 is 0 Å². The number of fused-ring (bicyclic) bond motifs is 1. The van der Waals surface area contributed by atoms with Crippen molar-refractivity contribution >= 4 is 17.3 Å². The number of rotatable bonds is 4. The molecule has 0 spiro atoms. The molecule has 3 heterocycles. The maximum absolute atomic E-state index is 13.2. The molecule has 4 rings (SSSR count). The van der Waals surface area contributed by atoms with Crippen LogP contribution in [0, 0.1) is 12.7 Å². The molecule has 0 aliphatic carbocycles. The summed E-state index contributed by atoms with van der Waals surface area (Å²) in [7, 11) is 0. The summed E-state index contributed by atoms with van der Waals surface area (Å²) in [6, 6.07) is 6.73. The second-order valence-corrected chi connectivity index (χ2v) is 6.67. The van der Waals surface area contributed by atoms with Gasteiger partial charge >= 0.3 is 0 Å². The minimum absolute atomic E-state index is 0.197. The van der Waals surface area contributed by atoms with Crippen LogP contribution < -0.4 is 9.80 Å². The SMILES string of the molecule is CCCc1c(C)nc2ncnn2c1N1CCN(c2ccc(F)cc2)CC1. The van der Waals surface area contributed by atoms with E-state index in [-0.39, 0.29) is 5.82 Å². The number of aromatic nitrogens is 4. The predicted molar refractivity (Wildman–Crippen MR) is 100 cm³/mol. The van der Waals surface area contributed by atoms with Gasteiger partial charge in [0.15, 0.2) is 0 Å². The molecule has 0 atom stereocenters. The fourth-order valence-electron chi connectivity index (χ4n) is 3.66. The molecule has 7 heteroatoms. The van der Waals surface area contributed by atoms with Crippen molar-refractivity contribution in [3.05, 3.63) is 47.7 Å². The minimum Gasteiger partial charge on any atom is -0.368 e. The molecule has 136 valence electrons. The average Bonchev–Trinajstić information content (AvgIpc) is 3.11. The summed E-state index contributed by atoms with van der Waals surface area (Å²) < 4.78 is 15.0. The van der Waals surface area contributed by atoms with E-state index in [1.54, 1.807) is 6.33 Å². The Bertz CT molecular complexity index is 896. The van der Waals surface area contributed by atoms with E-state index in [0.29, 0.717) is 5.78 Å². The zero-order chi connectivity index (χ0) is 18.1. The fourth-order valence-corrected chi connectivity index (χ4v) is 3.66. The first-order chi connectivity index (χ1) is 12.7. The third-order valence-electron chi connectivity index (χ3n) is 4.98. The van der Waals surface area contributed by atoms with E-state index >= 15 is 0 Å². The molecular formula is C19H23FN6. The topological polar surface area (TPSA) is 49.6 Å². The second kappa shape index (κ2) is 6.90. The van der Waals surface area contributed by atoms with Gasteiger partial charge in [0, 0.05) is 43.1 Å². The smallest absolute Gasteiger partial charge is 0.254 e. The highest BCUT2D eigenvalue weighted by Crippen LogP contribution is 2.27. The molecule has 1 fully saturated rings. The second-order valence-electron chi connectivity index (χ2n) is 6.67. The zero-order valence-corrected chi connectivity index (χ0v) is 15.2. The van der Waals surface area contributed by atoms with Crippen molar-refractivity contribution in [1.82, 2.24) is 19.6 Å². The maximum atomic E-state index is 13.2. The van der Waals surface area contributed by atoms with Crippen LogP contribution in [0.3, 0.4) is 0 Å². The van der Waals surface area contributed by atoms with Crippen LogP contribution in [0.5, 0.6) is 0 Å². The number of piperazine rings is 1. The summed E-state index contributed by atoms with van der Waals surface area (Å²) in [6.45, 7) is 7.77. The molecule has 1 aromatic carbocycles. The van der Waals surface area contributed by atoms with Crippen molar-refractivity contribution in [3.63, 3.8) is 0 Å². The minimum atomic E-state index is -0.197. The normalized spacial score (nSPS) is 15.0. The molecule has 0 saturated carbocycles. The lowest BCUT2D eigenvalue weighted by Gasteiger charge is -2.38. The van der Waals surface area contributed by atoms with E-state index in [1.807, 2.05) is 16.6 Å². The molecule has 2 aromatic heterocycles. The molecule has 3 aromatic rings. The highest BCUT2D eigenvalue weighted by atomic mass is 19.1. The van der Waals surface area contributed by atoms with E-state index in [1.165, 1.54) is 17.7 Å². The van der Waals surface area contributed by atoms with Gasteiger partial charge in [0.05, 0.1) is 0 Å². The summed E-state index contributed by atoms with van der Waals surface area (Å²) >= 11 is 0. The van der Waals surface area contributed by atoms with E-state index in [2.05, 4.69) is 38.7 Å². The number of hydrogen-bond donors (Lipinski definition) is 0. The summed E-state index contributed by atoms with van der Waals surface area (Å²) in [6.07, 6.45) is 3.60. The molecule has 0 N–H and O–H groups in total. The Hall–Kier alpha value is -2.70. The van der Waals surface area contributed by atoms with Crippen LogP contribution >= 0.6 is 0 Å². The van der Waals surface area contributed by atoms with Crippen LogP contribution in [0.25, 0.3) is 5.78 Å². The lowest BCUT2D eigenvalue weighted by molar-refractivity contribution is 0.621. The van der Waals surface area contributed by atoms with Crippen molar-refractivity contribution in [1.29, 1.82) is 0 Å². The number of benzene rings is 1. The number of anilines is 2. The van der Waals surface area contributed by atoms with Gasteiger partial charge in [-0.2, -0.15) is 14.6 Å². The van der Waals surface area contributed by atoms with Gasteiger partial charge in [-0.15, -0.1) is 0 Å². The van der Waals surface area contributed by atoms with E-state index in [9.17, 15) is 4.39 Å². The van der Waals surface area contributed by atoms with E-state index in [4.69, 9.17) is 0 Å². The van der Waals surface area contributed by atoms with Gasteiger partial charge in [0.2, 0.25) is 0 Å². The molecule has 1 aliphatic heterocycles. The van der Waals surface area contributed by atoms with Crippen LogP contribution in [0.1, 0.15) is 24.6 Å². The van der Waals surface area contributed by atoms with Crippen LogP contribution in [0.2, 0.25) is 0 Å². The monoisotopic (exact) mass is 354 g/mol. The van der Waals surface area contributed by atoms with Gasteiger partial charge < -0.3 is 9.80 Å². The van der Waals surface area contributed by atoms with Gasteiger partial charge in [0.1, 0.15) is 18.0 Å². The first kappa shape index (κ1) is 16.8. The molecule has 0 amide bonds. The Morgan fingerprint density at radius 1 is 1.04 bits per heavy atom. The average molecular weight is 354 g/mol. The Balaban J connectivity index is 1.62. The van der Waals surface area contributed by atoms with E-state index in [0.717, 1.165) is 56.2 Å². The summed E-state index contributed by atoms with van der Waals surface area (Å²) in [5.74, 6) is 1.57.